The van der Waals surface area contributed by atoms with Crippen molar-refractivity contribution in [2.24, 2.45) is 10.4 Å². The van der Waals surface area contributed by atoms with Crippen LogP contribution >= 0.6 is 0 Å². The van der Waals surface area contributed by atoms with E-state index in [4.69, 9.17) is 9.47 Å². The quantitative estimate of drug-likeness (QED) is 0.465. The van der Waals surface area contributed by atoms with E-state index >= 15 is 0 Å². The zero-order valence-electron chi connectivity index (χ0n) is 16.9. The molecular formula is C20H31F2N3O3. The van der Waals surface area contributed by atoms with Gasteiger partial charge in [-0.1, -0.05) is 18.9 Å². The lowest BCUT2D eigenvalue weighted by atomic mass is 9.83. The van der Waals surface area contributed by atoms with Crippen molar-refractivity contribution in [3.8, 4) is 11.5 Å². The van der Waals surface area contributed by atoms with Crippen LogP contribution in [0.2, 0.25) is 0 Å². The maximum Gasteiger partial charge on any atom is 0.387 e. The predicted molar refractivity (Wildman–Crippen MR) is 105 cm³/mol. The van der Waals surface area contributed by atoms with Crippen molar-refractivity contribution >= 4 is 5.96 Å². The maximum atomic E-state index is 12.6. The molecule has 0 amide bonds. The average Bonchev–Trinajstić information content (AvgIpc) is 3.15. The van der Waals surface area contributed by atoms with E-state index in [1.807, 2.05) is 0 Å². The van der Waals surface area contributed by atoms with Gasteiger partial charge in [0.15, 0.2) is 17.5 Å². The summed E-state index contributed by atoms with van der Waals surface area (Å²) in [7, 11) is 4.86. The van der Waals surface area contributed by atoms with Gasteiger partial charge < -0.3 is 24.8 Å². The highest BCUT2D eigenvalue weighted by Gasteiger charge is 2.33. The third-order valence-electron chi connectivity index (χ3n) is 5.26. The summed E-state index contributed by atoms with van der Waals surface area (Å²) < 4.78 is 40.0. The molecule has 0 aliphatic heterocycles. The first-order valence-electron chi connectivity index (χ1n) is 9.57. The molecule has 2 N–H and O–H groups in total. The average molecular weight is 399 g/mol. The molecule has 1 saturated carbocycles. The molecule has 1 fully saturated rings. The summed E-state index contributed by atoms with van der Waals surface area (Å²) in [5.74, 6) is 0.966. The lowest BCUT2D eigenvalue weighted by Gasteiger charge is -2.30. The second kappa shape index (κ2) is 11.0. The lowest BCUT2D eigenvalue weighted by molar-refractivity contribution is -0.0512. The summed E-state index contributed by atoms with van der Waals surface area (Å²) in [6.45, 7) is -0.889. The minimum Gasteiger partial charge on any atom is -0.493 e. The number of alkyl halides is 2. The minimum absolute atomic E-state index is 0.0178. The highest BCUT2D eigenvalue weighted by Crippen LogP contribution is 2.40. The number of methoxy groups -OCH3 is 2. The number of rotatable bonds is 10. The van der Waals surface area contributed by atoms with Gasteiger partial charge >= 0.3 is 6.61 Å². The fourth-order valence-corrected chi connectivity index (χ4v) is 3.66. The summed E-state index contributed by atoms with van der Waals surface area (Å²) in [5.41, 5.74) is 1.03. The van der Waals surface area contributed by atoms with Crippen molar-refractivity contribution in [2.75, 3.05) is 34.4 Å². The van der Waals surface area contributed by atoms with E-state index in [0.717, 1.165) is 25.1 Å². The van der Waals surface area contributed by atoms with Crippen LogP contribution in [0.15, 0.2) is 23.2 Å². The van der Waals surface area contributed by atoms with E-state index in [0.29, 0.717) is 12.5 Å². The van der Waals surface area contributed by atoms with Gasteiger partial charge in [-0.15, -0.1) is 0 Å². The molecule has 0 aromatic heterocycles. The Balaban J connectivity index is 1.93. The molecular weight excluding hydrogens is 368 g/mol. The summed E-state index contributed by atoms with van der Waals surface area (Å²) in [6.07, 6.45) is 5.90. The highest BCUT2D eigenvalue weighted by atomic mass is 19.3. The number of hydrogen-bond donors (Lipinski definition) is 2. The largest absolute Gasteiger partial charge is 0.493 e. The van der Waals surface area contributed by atoms with E-state index in [1.165, 1.54) is 32.8 Å². The van der Waals surface area contributed by atoms with Crippen LogP contribution in [0, 0.1) is 5.41 Å². The number of benzene rings is 1. The molecule has 1 aliphatic rings. The second-order valence-electron chi connectivity index (χ2n) is 7.09. The first kappa shape index (κ1) is 22.2. The first-order chi connectivity index (χ1) is 13.5. The predicted octanol–water partition coefficient (Wildman–Crippen LogP) is 3.56. The summed E-state index contributed by atoms with van der Waals surface area (Å²) in [4.78, 5) is 4.27. The number of nitrogens with one attached hydrogen (secondary N) is 2. The molecule has 1 aliphatic carbocycles. The van der Waals surface area contributed by atoms with Gasteiger partial charge in [-0.3, -0.25) is 4.99 Å². The Morgan fingerprint density at radius 1 is 1.18 bits per heavy atom. The van der Waals surface area contributed by atoms with Crippen molar-refractivity contribution < 1.29 is 23.0 Å². The van der Waals surface area contributed by atoms with Crippen molar-refractivity contribution in [1.82, 2.24) is 10.6 Å². The number of ether oxygens (including phenoxy) is 3. The topological polar surface area (TPSA) is 64.1 Å². The number of guanidine groups is 1. The molecule has 28 heavy (non-hydrogen) atoms. The van der Waals surface area contributed by atoms with Crippen LogP contribution in [0.25, 0.3) is 0 Å². The number of hydrogen-bond acceptors (Lipinski definition) is 4. The van der Waals surface area contributed by atoms with Crippen LogP contribution in [0.4, 0.5) is 8.78 Å². The van der Waals surface area contributed by atoms with Gasteiger partial charge in [0.1, 0.15) is 0 Å². The Bertz CT molecular complexity index is 635. The van der Waals surface area contributed by atoms with Gasteiger partial charge in [0.05, 0.1) is 7.11 Å². The zero-order valence-corrected chi connectivity index (χ0v) is 16.9. The second-order valence-corrected chi connectivity index (χ2v) is 7.09. The van der Waals surface area contributed by atoms with E-state index in [2.05, 4.69) is 20.4 Å². The van der Waals surface area contributed by atoms with Gasteiger partial charge in [-0.2, -0.15) is 8.78 Å². The van der Waals surface area contributed by atoms with Crippen LogP contribution in [-0.2, 0) is 11.3 Å². The van der Waals surface area contributed by atoms with Gasteiger partial charge in [0.25, 0.3) is 0 Å². The minimum atomic E-state index is -2.90. The Labute approximate surface area is 165 Å². The van der Waals surface area contributed by atoms with Crippen LogP contribution in [0.3, 0.4) is 0 Å². The van der Waals surface area contributed by atoms with Crippen LogP contribution in [-0.4, -0.2) is 47.0 Å². The molecule has 0 heterocycles. The van der Waals surface area contributed by atoms with Crippen molar-refractivity contribution in [1.29, 1.82) is 0 Å². The summed E-state index contributed by atoms with van der Waals surface area (Å²) in [6, 6.07) is 4.96. The van der Waals surface area contributed by atoms with Crippen LogP contribution < -0.4 is 20.1 Å². The van der Waals surface area contributed by atoms with E-state index < -0.39 is 6.61 Å². The van der Waals surface area contributed by atoms with Crippen molar-refractivity contribution in [3.63, 3.8) is 0 Å². The van der Waals surface area contributed by atoms with E-state index in [9.17, 15) is 8.78 Å². The Morgan fingerprint density at radius 3 is 2.54 bits per heavy atom. The molecule has 1 aromatic rings. The normalized spacial score (nSPS) is 16.3. The monoisotopic (exact) mass is 399 g/mol. The fourth-order valence-electron chi connectivity index (χ4n) is 3.66. The zero-order chi connectivity index (χ0) is 20.4. The van der Waals surface area contributed by atoms with E-state index in [-0.39, 0.29) is 16.9 Å². The first-order valence-corrected chi connectivity index (χ1v) is 9.57. The third kappa shape index (κ3) is 6.51. The molecule has 0 atom stereocenters. The smallest absolute Gasteiger partial charge is 0.387 e. The molecule has 8 heteroatoms. The highest BCUT2D eigenvalue weighted by molar-refractivity contribution is 5.79. The Morgan fingerprint density at radius 2 is 1.93 bits per heavy atom. The Hall–Kier alpha value is -2.09. The Kier molecular flexibility index (Phi) is 8.76. The number of nitrogens with zero attached hydrogens (tertiary/aromatic N) is 1. The molecule has 0 radical (unpaired) electrons. The van der Waals surface area contributed by atoms with E-state index in [1.54, 1.807) is 32.4 Å². The summed E-state index contributed by atoms with van der Waals surface area (Å²) in [5, 5.41) is 6.63. The SMILES string of the molecule is CN=C(NCc1ccc(OC)c(OC(F)F)c1)NCC1(CCOC)CCCC1. The summed E-state index contributed by atoms with van der Waals surface area (Å²) >= 11 is 0. The number of halogens is 2. The molecule has 158 valence electrons. The number of aliphatic imine (C=N–C) groups is 1. The lowest BCUT2D eigenvalue weighted by Crippen LogP contribution is -2.43. The fraction of sp³-hybridized carbons (Fsp3) is 0.650. The molecule has 6 nitrogen and oxygen atoms in total. The van der Waals surface area contributed by atoms with Crippen LogP contribution in [0.1, 0.15) is 37.7 Å². The van der Waals surface area contributed by atoms with Crippen LogP contribution in [0.5, 0.6) is 11.5 Å². The molecule has 0 bridgehead atoms. The van der Waals surface area contributed by atoms with Gasteiger partial charge in [0.2, 0.25) is 0 Å². The molecule has 0 unspecified atom stereocenters. The maximum absolute atomic E-state index is 12.6. The standard InChI is InChI=1S/C20H31F2N3O3/c1-23-19(25-14-20(10-11-26-2)8-4-5-9-20)24-13-15-6-7-16(27-3)17(12-15)28-18(21)22/h6-7,12,18H,4-5,8-11,13-14H2,1-3H3,(H2,23,24,25). The molecule has 0 saturated heterocycles. The molecule has 0 spiro atoms. The molecule has 2 rings (SSSR count). The van der Waals surface area contributed by atoms with Gasteiger partial charge in [-0.25, -0.2) is 0 Å². The van der Waals surface area contributed by atoms with Gasteiger partial charge in [0, 0.05) is 33.9 Å². The van der Waals surface area contributed by atoms with Crippen molar-refractivity contribution in [2.45, 2.75) is 45.3 Å². The third-order valence-corrected chi connectivity index (χ3v) is 5.26. The van der Waals surface area contributed by atoms with Crippen molar-refractivity contribution in [3.05, 3.63) is 23.8 Å². The molecule has 1 aromatic carbocycles. The van der Waals surface area contributed by atoms with Gasteiger partial charge in [-0.05, 0) is 42.4 Å².